The molecule has 1 N–H and O–H groups in total. The minimum atomic E-state index is 0.356. The summed E-state index contributed by atoms with van der Waals surface area (Å²) in [7, 11) is 0. The standard InChI is InChI=1S/C10H17NO/c1-7-6-10(12)8-4-2-3-5-9(8)11-7/h7-9,11H,2-6H2,1H3/t7-,8+,9-/m0/s1. The van der Waals surface area contributed by atoms with Gasteiger partial charge in [0, 0.05) is 24.4 Å². The first kappa shape index (κ1) is 8.24. The lowest BCUT2D eigenvalue weighted by atomic mass is 9.77. The van der Waals surface area contributed by atoms with Crippen LogP contribution in [0.2, 0.25) is 0 Å². The van der Waals surface area contributed by atoms with Gasteiger partial charge in [-0.25, -0.2) is 0 Å². The molecule has 0 amide bonds. The fraction of sp³-hybridized carbons (Fsp3) is 0.900. The molecular formula is C10H17NO. The number of nitrogens with one attached hydrogen (secondary N) is 1. The van der Waals surface area contributed by atoms with Crippen LogP contribution in [-0.2, 0) is 4.79 Å². The molecule has 0 aromatic carbocycles. The average Bonchev–Trinajstić information content (AvgIpc) is 2.04. The monoisotopic (exact) mass is 167 g/mol. The van der Waals surface area contributed by atoms with Crippen LogP contribution in [0, 0.1) is 5.92 Å². The third-order valence-corrected chi connectivity index (χ3v) is 3.19. The van der Waals surface area contributed by atoms with Crippen LogP contribution in [0.25, 0.3) is 0 Å². The maximum absolute atomic E-state index is 11.6. The van der Waals surface area contributed by atoms with Crippen molar-refractivity contribution in [1.82, 2.24) is 5.32 Å². The zero-order valence-electron chi connectivity index (χ0n) is 7.68. The molecule has 1 aliphatic carbocycles. The van der Waals surface area contributed by atoms with Crippen molar-refractivity contribution < 1.29 is 4.79 Å². The molecule has 1 saturated carbocycles. The Morgan fingerprint density at radius 1 is 1.33 bits per heavy atom. The molecule has 1 saturated heterocycles. The van der Waals surface area contributed by atoms with E-state index in [0.29, 0.717) is 23.8 Å². The molecule has 0 bridgehead atoms. The highest BCUT2D eigenvalue weighted by molar-refractivity contribution is 5.83. The van der Waals surface area contributed by atoms with Gasteiger partial charge in [-0.1, -0.05) is 12.8 Å². The van der Waals surface area contributed by atoms with E-state index in [0.717, 1.165) is 12.8 Å². The lowest BCUT2D eigenvalue weighted by Crippen LogP contribution is -2.52. The van der Waals surface area contributed by atoms with E-state index in [1.165, 1.54) is 19.3 Å². The van der Waals surface area contributed by atoms with Crippen LogP contribution in [0.4, 0.5) is 0 Å². The predicted octanol–water partition coefficient (Wildman–Crippen LogP) is 1.50. The molecule has 68 valence electrons. The zero-order valence-corrected chi connectivity index (χ0v) is 7.68. The first-order chi connectivity index (χ1) is 5.77. The third-order valence-electron chi connectivity index (χ3n) is 3.19. The lowest BCUT2D eigenvalue weighted by molar-refractivity contribution is -0.127. The normalized spacial score (nSPS) is 42.4. The fourth-order valence-electron chi connectivity index (χ4n) is 2.59. The highest BCUT2D eigenvalue weighted by Gasteiger charge is 2.35. The Bertz CT molecular complexity index is 190. The number of carbonyl (C=O) groups excluding carboxylic acids is 1. The van der Waals surface area contributed by atoms with Gasteiger partial charge in [0.2, 0.25) is 0 Å². The number of hydrogen-bond acceptors (Lipinski definition) is 2. The van der Waals surface area contributed by atoms with Crippen molar-refractivity contribution >= 4 is 5.78 Å². The van der Waals surface area contributed by atoms with Crippen LogP contribution >= 0.6 is 0 Å². The Kier molecular flexibility index (Phi) is 2.18. The summed E-state index contributed by atoms with van der Waals surface area (Å²) in [5.74, 6) is 0.862. The van der Waals surface area contributed by atoms with Crippen LogP contribution in [0.1, 0.15) is 39.0 Å². The van der Waals surface area contributed by atoms with Gasteiger partial charge in [0.05, 0.1) is 0 Å². The van der Waals surface area contributed by atoms with E-state index in [9.17, 15) is 4.79 Å². The second-order valence-corrected chi connectivity index (χ2v) is 4.24. The van der Waals surface area contributed by atoms with E-state index in [2.05, 4.69) is 12.2 Å². The molecule has 2 nitrogen and oxygen atoms in total. The van der Waals surface area contributed by atoms with Gasteiger partial charge in [0.25, 0.3) is 0 Å². The largest absolute Gasteiger partial charge is 0.310 e. The van der Waals surface area contributed by atoms with E-state index in [-0.39, 0.29) is 0 Å². The fourth-order valence-corrected chi connectivity index (χ4v) is 2.59. The molecule has 0 aromatic rings. The van der Waals surface area contributed by atoms with Gasteiger partial charge in [0.15, 0.2) is 0 Å². The van der Waals surface area contributed by atoms with Crippen molar-refractivity contribution in [2.45, 2.75) is 51.1 Å². The number of Topliss-reactive ketones (excluding diaryl/α,β-unsaturated/α-hetero) is 1. The van der Waals surface area contributed by atoms with E-state index in [4.69, 9.17) is 0 Å². The number of piperidine rings is 1. The van der Waals surface area contributed by atoms with Crippen LogP contribution < -0.4 is 5.32 Å². The number of hydrogen-bond donors (Lipinski definition) is 1. The van der Waals surface area contributed by atoms with Gasteiger partial charge < -0.3 is 5.32 Å². The molecule has 2 rings (SSSR count). The predicted molar refractivity (Wildman–Crippen MR) is 48.0 cm³/mol. The van der Waals surface area contributed by atoms with Crippen molar-refractivity contribution in [1.29, 1.82) is 0 Å². The number of rotatable bonds is 0. The molecule has 0 aromatic heterocycles. The number of fused-ring (bicyclic) bond motifs is 1. The van der Waals surface area contributed by atoms with Gasteiger partial charge in [-0.3, -0.25) is 4.79 Å². The molecule has 2 fully saturated rings. The summed E-state index contributed by atoms with van der Waals surface area (Å²) in [5.41, 5.74) is 0. The van der Waals surface area contributed by atoms with Crippen LogP contribution in [0.3, 0.4) is 0 Å². The summed E-state index contributed by atoms with van der Waals surface area (Å²) < 4.78 is 0. The maximum atomic E-state index is 11.6. The maximum Gasteiger partial charge on any atom is 0.139 e. The van der Waals surface area contributed by atoms with Crippen molar-refractivity contribution in [3.63, 3.8) is 0 Å². The molecule has 3 atom stereocenters. The van der Waals surface area contributed by atoms with E-state index >= 15 is 0 Å². The van der Waals surface area contributed by atoms with Gasteiger partial charge in [-0.05, 0) is 19.8 Å². The summed E-state index contributed by atoms with van der Waals surface area (Å²) in [6, 6.07) is 0.923. The Labute approximate surface area is 73.7 Å². The summed E-state index contributed by atoms with van der Waals surface area (Å²) in [6.07, 6.45) is 5.64. The average molecular weight is 167 g/mol. The first-order valence-corrected chi connectivity index (χ1v) is 5.06. The highest BCUT2D eigenvalue weighted by atomic mass is 16.1. The first-order valence-electron chi connectivity index (χ1n) is 5.06. The summed E-state index contributed by atoms with van der Waals surface area (Å²) >= 11 is 0. The highest BCUT2D eigenvalue weighted by Crippen LogP contribution is 2.29. The Morgan fingerprint density at radius 2 is 2.08 bits per heavy atom. The Morgan fingerprint density at radius 3 is 2.92 bits per heavy atom. The van der Waals surface area contributed by atoms with E-state index in [1.54, 1.807) is 0 Å². The molecule has 0 spiro atoms. The summed E-state index contributed by atoms with van der Waals surface area (Å²) in [6.45, 7) is 2.11. The van der Waals surface area contributed by atoms with Crippen LogP contribution in [0.5, 0.6) is 0 Å². The summed E-state index contributed by atoms with van der Waals surface area (Å²) in [4.78, 5) is 11.6. The molecule has 0 radical (unpaired) electrons. The SMILES string of the molecule is C[C@H]1CC(=O)[C@@H]2CCCC[C@@H]2N1. The number of carbonyl (C=O) groups is 1. The van der Waals surface area contributed by atoms with Crippen molar-refractivity contribution in [3.8, 4) is 0 Å². The van der Waals surface area contributed by atoms with Crippen LogP contribution in [-0.4, -0.2) is 17.9 Å². The molecule has 12 heavy (non-hydrogen) atoms. The second kappa shape index (κ2) is 3.17. The Balaban J connectivity index is 2.06. The molecule has 2 heteroatoms. The van der Waals surface area contributed by atoms with Gasteiger partial charge in [0.1, 0.15) is 5.78 Å². The van der Waals surface area contributed by atoms with Crippen LogP contribution in [0.15, 0.2) is 0 Å². The number of ketones is 1. The quantitative estimate of drug-likeness (QED) is 0.592. The van der Waals surface area contributed by atoms with E-state index < -0.39 is 0 Å². The topological polar surface area (TPSA) is 29.1 Å². The minimum Gasteiger partial charge on any atom is -0.310 e. The molecular weight excluding hydrogens is 150 g/mol. The summed E-state index contributed by atoms with van der Waals surface area (Å²) in [5, 5.41) is 3.53. The Hall–Kier alpha value is -0.370. The van der Waals surface area contributed by atoms with Crippen molar-refractivity contribution in [3.05, 3.63) is 0 Å². The van der Waals surface area contributed by atoms with Crippen molar-refractivity contribution in [2.24, 2.45) is 5.92 Å². The van der Waals surface area contributed by atoms with E-state index in [1.807, 2.05) is 0 Å². The molecule has 1 aliphatic heterocycles. The smallest absolute Gasteiger partial charge is 0.139 e. The minimum absolute atomic E-state index is 0.356. The molecule has 1 heterocycles. The zero-order chi connectivity index (χ0) is 8.55. The molecule has 0 unspecified atom stereocenters. The lowest BCUT2D eigenvalue weighted by Gasteiger charge is -2.38. The molecule has 2 aliphatic rings. The van der Waals surface area contributed by atoms with Gasteiger partial charge in [-0.2, -0.15) is 0 Å². The van der Waals surface area contributed by atoms with Gasteiger partial charge >= 0.3 is 0 Å². The van der Waals surface area contributed by atoms with Crippen molar-refractivity contribution in [2.75, 3.05) is 0 Å². The second-order valence-electron chi connectivity index (χ2n) is 4.24. The third kappa shape index (κ3) is 1.40. The van der Waals surface area contributed by atoms with Gasteiger partial charge in [-0.15, -0.1) is 0 Å².